The summed E-state index contributed by atoms with van der Waals surface area (Å²) in [6.07, 6.45) is 2.10. The minimum Gasteiger partial charge on any atom is -0.330 e. The lowest BCUT2D eigenvalue weighted by atomic mass is 9.69. The molecule has 0 aliphatic heterocycles. The first-order chi connectivity index (χ1) is 15.8. The third-order valence-electron chi connectivity index (χ3n) is 6.61. The third-order valence-corrected chi connectivity index (χ3v) is 6.61. The van der Waals surface area contributed by atoms with Gasteiger partial charge in [-0.1, -0.05) is 37.6 Å². The maximum Gasteiger partial charge on any atom is 0.416 e. The molecule has 1 saturated carbocycles. The Bertz CT molecular complexity index is 808. The van der Waals surface area contributed by atoms with Crippen LogP contribution in [0.4, 0.5) is 17.6 Å². The fourth-order valence-corrected chi connectivity index (χ4v) is 4.71. The van der Waals surface area contributed by atoms with Crippen LogP contribution in [0.25, 0.3) is 0 Å². The van der Waals surface area contributed by atoms with Crippen LogP contribution in [0.15, 0.2) is 48.5 Å². The molecular formula is C27H38F4N2. The number of nitrogens with two attached hydrogens (primary N) is 1. The molecule has 0 spiro atoms. The summed E-state index contributed by atoms with van der Waals surface area (Å²) in [7, 11) is 0. The molecular weight excluding hydrogens is 428 g/mol. The second-order valence-electron chi connectivity index (χ2n) is 9.02. The van der Waals surface area contributed by atoms with E-state index in [0.29, 0.717) is 11.8 Å². The van der Waals surface area contributed by atoms with Crippen LogP contribution in [-0.4, -0.2) is 19.6 Å². The van der Waals surface area contributed by atoms with Crippen molar-refractivity contribution in [2.24, 2.45) is 17.6 Å². The average Bonchev–Trinajstić information content (AvgIpc) is 2.79. The van der Waals surface area contributed by atoms with Crippen LogP contribution < -0.4 is 11.1 Å². The molecule has 6 heteroatoms. The van der Waals surface area contributed by atoms with Gasteiger partial charge in [-0.25, -0.2) is 4.39 Å². The minimum absolute atomic E-state index is 0.178. The summed E-state index contributed by atoms with van der Waals surface area (Å²) in [4.78, 5) is 0. The fraction of sp³-hybridized carbons (Fsp3) is 0.556. The first-order valence-electron chi connectivity index (χ1n) is 12.0. The molecule has 0 aromatic heterocycles. The van der Waals surface area contributed by atoms with Gasteiger partial charge in [0.2, 0.25) is 0 Å². The molecule has 3 unspecified atom stereocenters. The Morgan fingerprint density at radius 1 is 1.03 bits per heavy atom. The van der Waals surface area contributed by atoms with E-state index >= 15 is 0 Å². The highest BCUT2D eigenvalue weighted by atomic mass is 19.4. The Labute approximate surface area is 196 Å². The van der Waals surface area contributed by atoms with Gasteiger partial charge in [0, 0.05) is 0 Å². The molecule has 0 radical (unpaired) electrons. The summed E-state index contributed by atoms with van der Waals surface area (Å²) in [6.45, 7) is 6.75. The third kappa shape index (κ3) is 9.09. The first-order valence-corrected chi connectivity index (χ1v) is 12.0. The van der Waals surface area contributed by atoms with Crippen LogP contribution in [-0.2, 0) is 6.18 Å². The van der Waals surface area contributed by atoms with Crippen molar-refractivity contribution >= 4 is 0 Å². The lowest BCUT2D eigenvalue weighted by molar-refractivity contribution is -0.137. The van der Waals surface area contributed by atoms with Crippen molar-refractivity contribution in [1.29, 1.82) is 0 Å². The van der Waals surface area contributed by atoms with E-state index in [1.54, 1.807) is 24.3 Å². The van der Waals surface area contributed by atoms with Gasteiger partial charge in [0.05, 0.1) is 5.56 Å². The zero-order chi connectivity index (χ0) is 24.3. The van der Waals surface area contributed by atoms with Gasteiger partial charge in [-0.3, -0.25) is 0 Å². The van der Waals surface area contributed by atoms with E-state index < -0.39 is 11.7 Å². The molecule has 0 amide bonds. The van der Waals surface area contributed by atoms with Gasteiger partial charge in [0.1, 0.15) is 5.82 Å². The van der Waals surface area contributed by atoms with Gasteiger partial charge in [-0.15, -0.1) is 0 Å². The first kappa shape index (κ1) is 27.3. The SMILES string of the molecule is CCC1CCC(CNCCCCN)CC1c1cc(C(F)(F)F)ccc1C.Fc1ccccc1. The Morgan fingerprint density at radius 2 is 1.76 bits per heavy atom. The van der Waals surface area contributed by atoms with E-state index in [9.17, 15) is 17.6 Å². The van der Waals surface area contributed by atoms with E-state index in [4.69, 9.17) is 5.73 Å². The maximum atomic E-state index is 13.2. The number of unbranched alkanes of at least 4 members (excludes halogenated alkanes) is 1. The largest absolute Gasteiger partial charge is 0.416 e. The highest BCUT2D eigenvalue weighted by Gasteiger charge is 2.35. The van der Waals surface area contributed by atoms with Crippen LogP contribution in [0.2, 0.25) is 0 Å². The Hall–Kier alpha value is -1.92. The fourth-order valence-electron chi connectivity index (χ4n) is 4.71. The summed E-state index contributed by atoms with van der Waals surface area (Å²) in [5.41, 5.74) is 6.88. The van der Waals surface area contributed by atoms with Gasteiger partial charge in [-0.2, -0.15) is 13.2 Å². The number of hydrogen-bond donors (Lipinski definition) is 2. The smallest absolute Gasteiger partial charge is 0.330 e. The minimum atomic E-state index is -4.28. The highest BCUT2D eigenvalue weighted by molar-refractivity contribution is 5.36. The number of rotatable bonds is 8. The molecule has 0 saturated heterocycles. The number of aryl methyl sites for hydroxylation is 1. The van der Waals surface area contributed by atoms with Crippen molar-refractivity contribution in [2.45, 2.75) is 64.5 Å². The van der Waals surface area contributed by atoms with Crippen LogP contribution in [0, 0.1) is 24.6 Å². The van der Waals surface area contributed by atoms with Gasteiger partial charge < -0.3 is 11.1 Å². The highest BCUT2D eigenvalue weighted by Crippen LogP contribution is 2.44. The quantitative estimate of drug-likeness (QED) is 0.322. The molecule has 0 heterocycles. The van der Waals surface area contributed by atoms with Crippen molar-refractivity contribution in [3.05, 3.63) is 71.0 Å². The second kappa shape index (κ2) is 13.7. The van der Waals surface area contributed by atoms with Crippen molar-refractivity contribution in [3.63, 3.8) is 0 Å². The van der Waals surface area contributed by atoms with Crippen molar-refractivity contribution in [3.8, 4) is 0 Å². The lowest BCUT2D eigenvalue weighted by Crippen LogP contribution is -2.31. The molecule has 3 atom stereocenters. The molecule has 1 aliphatic carbocycles. The predicted molar refractivity (Wildman–Crippen MR) is 128 cm³/mol. The molecule has 1 aliphatic rings. The van der Waals surface area contributed by atoms with Gasteiger partial charge in [0.15, 0.2) is 0 Å². The average molecular weight is 467 g/mol. The standard InChI is InChI=1S/C21H33F3N2.C6H5F/c1-3-17-8-7-16(14-26-11-5-4-10-25)12-20(17)19-13-18(21(22,23)24)9-6-15(19)2;7-6-4-2-1-3-5-6/h6,9,13,16-17,20,26H,3-5,7-8,10-12,14,25H2,1-2H3;1-5H. The van der Waals surface area contributed by atoms with Crippen LogP contribution >= 0.6 is 0 Å². The summed E-state index contributed by atoms with van der Waals surface area (Å²) >= 11 is 0. The lowest BCUT2D eigenvalue weighted by Gasteiger charge is -2.37. The summed E-state index contributed by atoms with van der Waals surface area (Å²) in [5, 5.41) is 3.51. The van der Waals surface area contributed by atoms with Crippen molar-refractivity contribution in [2.75, 3.05) is 19.6 Å². The van der Waals surface area contributed by atoms with E-state index in [1.807, 2.05) is 6.92 Å². The maximum absolute atomic E-state index is 13.2. The predicted octanol–water partition coefficient (Wildman–Crippen LogP) is 7.08. The zero-order valence-corrected chi connectivity index (χ0v) is 19.8. The molecule has 3 N–H and O–H groups in total. The molecule has 2 aromatic carbocycles. The van der Waals surface area contributed by atoms with Crippen molar-refractivity contribution in [1.82, 2.24) is 5.32 Å². The molecule has 2 aromatic rings. The molecule has 184 valence electrons. The topological polar surface area (TPSA) is 38.0 Å². The Balaban J connectivity index is 0.000000468. The molecule has 0 bridgehead atoms. The summed E-state index contributed by atoms with van der Waals surface area (Å²) in [6, 6.07) is 12.2. The van der Waals surface area contributed by atoms with Gasteiger partial charge >= 0.3 is 6.18 Å². The van der Waals surface area contributed by atoms with Crippen LogP contribution in [0.5, 0.6) is 0 Å². The molecule has 33 heavy (non-hydrogen) atoms. The van der Waals surface area contributed by atoms with Crippen LogP contribution in [0.1, 0.15) is 68.1 Å². The van der Waals surface area contributed by atoms with E-state index in [1.165, 1.54) is 24.3 Å². The number of hydrogen-bond acceptors (Lipinski definition) is 2. The number of nitrogens with one attached hydrogen (secondary N) is 1. The molecule has 1 fully saturated rings. The number of benzene rings is 2. The number of halogens is 4. The van der Waals surface area contributed by atoms with E-state index in [0.717, 1.165) is 69.3 Å². The van der Waals surface area contributed by atoms with E-state index in [2.05, 4.69) is 12.2 Å². The molecule has 2 nitrogen and oxygen atoms in total. The van der Waals surface area contributed by atoms with Crippen LogP contribution in [0.3, 0.4) is 0 Å². The Kier molecular flexibility index (Phi) is 11.3. The summed E-state index contributed by atoms with van der Waals surface area (Å²) < 4.78 is 51.4. The Morgan fingerprint density at radius 3 is 2.33 bits per heavy atom. The zero-order valence-electron chi connectivity index (χ0n) is 19.8. The second-order valence-corrected chi connectivity index (χ2v) is 9.02. The van der Waals surface area contributed by atoms with E-state index in [-0.39, 0.29) is 11.7 Å². The monoisotopic (exact) mass is 466 g/mol. The number of alkyl halides is 3. The van der Waals surface area contributed by atoms with Crippen molar-refractivity contribution < 1.29 is 17.6 Å². The molecule has 3 rings (SSSR count). The van der Waals surface area contributed by atoms with Gasteiger partial charge in [0.25, 0.3) is 0 Å². The summed E-state index contributed by atoms with van der Waals surface area (Å²) in [5.74, 6) is 1.06. The normalized spacial score (nSPS) is 20.8. The van der Waals surface area contributed by atoms with Gasteiger partial charge in [-0.05, 0) is 112 Å².